The Morgan fingerprint density at radius 3 is 2.95 bits per heavy atom. The predicted octanol–water partition coefficient (Wildman–Crippen LogP) is 4.46. The van der Waals surface area contributed by atoms with Crippen LogP contribution in [0.2, 0.25) is 0 Å². The SMILES string of the molecule is CCCOc1cccc2c1[nH]c(=S)n2C1CC1CC. The van der Waals surface area contributed by atoms with Crippen molar-refractivity contribution in [3.05, 3.63) is 23.0 Å². The Morgan fingerprint density at radius 2 is 2.26 bits per heavy atom. The highest BCUT2D eigenvalue weighted by Crippen LogP contribution is 2.47. The lowest BCUT2D eigenvalue weighted by atomic mass is 10.2. The van der Waals surface area contributed by atoms with Crippen LogP contribution in [0.1, 0.15) is 39.2 Å². The fourth-order valence-electron chi connectivity index (χ4n) is 2.77. The largest absolute Gasteiger partial charge is 0.491 e. The lowest BCUT2D eigenvalue weighted by Crippen LogP contribution is -1.97. The molecule has 19 heavy (non-hydrogen) atoms. The summed E-state index contributed by atoms with van der Waals surface area (Å²) >= 11 is 5.49. The number of nitrogens with zero attached hydrogens (tertiary/aromatic N) is 1. The molecule has 2 atom stereocenters. The van der Waals surface area contributed by atoms with Crippen molar-refractivity contribution in [2.75, 3.05) is 6.61 Å². The van der Waals surface area contributed by atoms with Gasteiger partial charge >= 0.3 is 0 Å². The number of para-hydroxylation sites is 1. The second-order valence-electron chi connectivity index (χ2n) is 5.27. The Hall–Kier alpha value is -1.29. The number of ether oxygens (including phenoxy) is 1. The van der Waals surface area contributed by atoms with Crippen LogP contribution in [0.4, 0.5) is 0 Å². The Labute approximate surface area is 118 Å². The van der Waals surface area contributed by atoms with Crippen molar-refractivity contribution in [3.8, 4) is 5.75 Å². The Bertz CT molecular complexity index is 643. The molecule has 0 spiro atoms. The minimum atomic E-state index is 0.577. The molecule has 2 unspecified atom stereocenters. The van der Waals surface area contributed by atoms with Crippen molar-refractivity contribution in [2.45, 2.75) is 39.2 Å². The first-order valence-electron chi connectivity index (χ1n) is 7.12. The van der Waals surface area contributed by atoms with E-state index >= 15 is 0 Å². The Kier molecular flexibility index (Phi) is 3.35. The maximum atomic E-state index is 5.80. The van der Waals surface area contributed by atoms with E-state index in [4.69, 9.17) is 17.0 Å². The van der Waals surface area contributed by atoms with E-state index in [1.807, 2.05) is 6.07 Å². The second-order valence-corrected chi connectivity index (χ2v) is 5.66. The summed E-state index contributed by atoms with van der Waals surface area (Å²) in [6.07, 6.45) is 3.49. The maximum Gasteiger partial charge on any atom is 0.178 e. The summed E-state index contributed by atoms with van der Waals surface area (Å²) < 4.78 is 8.90. The average molecular weight is 276 g/mol. The van der Waals surface area contributed by atoms with Gasteiger partial charge in [-0.3, -0.25) is 0 Å². The van der Waals surface area contributed by atoms with Gasteiger partial charge in [-0.25, -0.2) is 0 Å². The summed E-state index contributed by atoms with van der Waals surface area (Å²) in [7, 11) is 0. The van der Waals surface area contributed by atoms with Crippen LogP contribution in [0.3, 0.4) is 0 Å². The van der Waals surface area contributed by atoms with Gasteiger partial charge in [-0.2, -0.15) is 0 Å². The molecule has 0 saturated heterocycles. The average Bonchev–Trinajstić information content (AvgIpc) is 3.11. The summed E-state index contributed by atoms with van der Waals surface area (Å²) in [6.45, 7) is 5.11. The predicted molar refractivity (Wildman–Crippen MR) is 80.3 cm³/mol. The lowest BCUT2D eigenvalue weighted by molar-refractivity contribution is 0.320. The number of hydrogen-bond donors (Lipinski definition) is 1. The topological polar surface area (TPSA) is 29.9 Å². The molecule has 1 aromatic carbocycles. The Balaban J connectivity index is 2.05. The van der Waals surface area contributed by atoms with E-state index in [0.29, 0.717) is 6.04 Å². The summed E-state index contributed by atoms with van der Waals surface area (Å²) in [5, 5.41) is 0. The number of hydrogen-bond acceptors (Lipinski definition) is 2. The molecule has 0 bridgehead atoms. The van der Waals surface area contributed by atoms with Crippen LogP contribution >= 0.6 is 12.2 Å². The summed E-state index contributed by atoms with van der Waals surface area (Å²) in [4.78, 5) is 3.32. The molecule has 1 aliphatic rings. The number of imidazole rings is 1. The zero-order valence-electron chi connectivity index (χ0n) is 11.5. The third-order valence-corrected chi connectivity index (χ3v) is 4.22. The van der Waals surface area contributed by atoms with E-state index in [0.717, 1.165) is 35.0 Å². The molecule has 0 radical (unpaired) electrons. The molecule has 1 aliphatic carbocycles. The molecule has 1 saturated carbocycles. The van der Waals surface area contributed by atoms with Gasteiger partial charge in [0.25, 0.3) is 0 Å². The third kappa shape index (κ3) is 2.18. The molecule has 1 fully saturated rings. The van der Waals surface area contributed by atoms with Gasteiger partial charge in [0.2, 0.25) is 0 Å². The molecule has 1 heterocycles. The van der Waals surface area contributed by atoms with Crippen LogP contribution in [0, 0.1) is 10.7 Å². The van der Waals surface area contributed by atoms with Gasteiger partial charge in [-0.05, 0) is 43.1 Å². The van der Waals surface area contributed by atoms with Crippen LogP contribution in [-0.2, 0) is 0 Å². The molecule has 3 rings (SSSR count). The number of benzene rings is 1. The first-order valence-corrected chi connectivity index (χ1v) is 7.53. The van der Waals surface area contributed by atoms with Crippen molar-refractivity contribution in [1.82, 2.24) is 9.55 Å². The summed E-state index contributed by atoms with van der Waals surface area (Å²) in [6, 6.07) is 6.77. The fourth-order valence-corrected chi connectivity index (χ4v) is 3.11. The minimum absolute atomic E-state index is 0.577. The van der Waals surface area contributed by atoms with E-state index in [9.17, 15) is 0 Å². The van der Waals surface area contributed by atoms with Gasteiger partial charge < -0.3 is 14.3 Å². The van der Waals surface area contributed by atoms with Crippen molar-refractivity contribution in [1.29, 1.82) is 0 Å². The first-order chi connectivity index (χ1) is 9.26. The maximum absolute atomic E-state index is 5.80. The van der Waals surface area contributed by atoms with E-state index in [2.05, 4.69) is 35.5 Å². The van der Waals surface area contributed by atoms with Crippen LogP contribution in [0.15, 0.2) is 18.2 Å². The number of aromatic amines is 1. The van der Waals surface area contributed by atoms with Crippen LogP contribution < -0.4 is 4.74 Å². The summed E-state index contributed by atoms with van der Waals surface area (Å²) in [5.41, 5.74) is 2.22. The monoisotopic (exact) mass is 276 g/mol. The normalized spacial score (nSPS) is 21.8. The van der Waals surface area contributed by atoms with Gasteiger partial charge in [0, 0.05) is 6.04 Å². The van der Waals surface area contributed by atoms with Gasteiger partial charge in [0.15, 0.2) is 4.77 Å². The molecule has 4 heteroatoms. The molecule has 0 aliphatic heterocycles. The third-order valence-electron chi connectivity index (χ3n) is 3.92. The number of nitrogens with one attached hydrogen (secondary N) is 1. The minimum Gasteiger partial charge on any atom is -0.491 e. The number of rotatable bonds is 5. The van der Waals surface area contributed by atoms with Crippen LogP contribution in [0.5, 0.6) is 5.75 Å². The highest BCUT2D eigenvalue weighted by molar-refractivity contribution is 7.71. The molecule has 1 N–H and O–H groups in total. The van der Waals surface area contributed by atoms with Crippen LogP contribution in [0.25, 0.3) is 11.0 Å². The van der Waals surface area contributed by atoms with Crippen molar-refractivity contribution < 1.29 is 4.74 Å². The van der Waals surface area contributed by atoms with Crippen LogP contribution in [-0.4, -0.2) is 16.2 Å². The molecular weight excluding hydrogens is 256 g/mol. The number of fused-ring (bicyclic) bond motifs is 1. The molecule has 3 nitrogen and oxygen atoms in total. The standard InChI is InChI=1S/C15H20N2OS/c1-3-8-18-13-7-5-6-11-14(13)16-15(19)17(11)12-9-10(12)4-2/h5-7,10,12H,3-4,8-9H2,1-2H3,(H,16,19). The quantitative estimate of drug-likeness (QED) is 0.817. The van der Waals surface area contributed by atoms with Gasteiger partial charge in [0.1, 0.15) is 11.3 Å². The summed E-state index contributed by atoms with van der Waals surface area (Å²) in [5.74, 6) is 1.70. The smallest absolute Gasteiger partial charge is 0.178 e. The van der Waals surface area contributed by atoms with E-state index in [-0.39, 0.29) is 0 Å². The fraction of sp³-hybridized carbons (Fsp3) is 0.533. The molecule has 102 valence electrons. The van der Waals surface area contributed by atoms with Crippen molar-refractivity contribution in [3.63, 3.8) is 0 Å². The highest BCUT2D eigenvalue weighted by Gasteiger charge is 2.38. The highest BCUT2D eigenvalue weighted by atomic mass is 32.1. The van der Waals surface area contributed by atoms with Crippen molar-refractivity contribution >= 4 is 23.3 Å². The van der Waals surface area contributed by atoms with Gasteiger partial charge in [-0.1, -0.05) is 26.3 Å². The lowest BCUT2D eigenvalue weighted by Gasteiger charge is -2.07. The zero-order chi connectivity index (χ0) is 13.4. The molecule has 0 amide bonds. The van der Waals surface area contributed by atoms with E-state index < -0.39 is 0 Å². The van der Waals surface area contributed by atoms with Gasteiger partial charge in [0.05, 0.1) is 12.1 Å². The zero-order valence-corrected chi connectivity index (χ0v) is 12.3. The Morgan fingerprint density at radius 1 is 1.42 bits per heavy atom. The number of aromatic nitrogens is 2. The van der Waals surface area contributed by atoms with E-state index in [1.54, 1.807) is 0 Å². The van der Waals surface area contributed by atoms with E-state index in [1.165, 1.54) is 18.4 Å². The first kappa shape index (κ1) is 12.7. The molecule has 2 aromatic rings. The van der Waals surface area contributed by atoms with Gasteiger partial charge in [-0.15, -0.1) is 0 Å². The van der Waals surface area contributed by atoms with Crippen molar-refractivity contribution in [2.24, 2.45) is 5.92 Å². The molecular formula is C15H20N2OS. The second kappa shape index (κ2) is 5.00. The number of H-pyrrole nitrogens is 1. The molecule has 1 aromatic heterocycles.